The van der Waals surface area contributed by atoms with E-state index < -0.39 is 10.0 Å². The average Bonchev–Trinajstić information content (AvgIpc) is 2.60. The summed E-state index contributed by atoms with van der Waals surface area (Å²) in [5.74, 6) is 0.619. The van der Waals surface area contributed by atoms with Crippen molar-refractivity contribution in [3.05, 3.63) is 54.6 Å². The molecule has 0 aliphatic carbocycles. The van der Waals surface area contributed by atoms with Gasteiger partial charge >= 0.3 is 0 Å². The van der Waals surface area contributed by atoms with Crippen molar-refractivity contribution in [1.29, 1.82) is 0 Å². The van der Waals surface area contributed by atoms with Gasteiger partial charge in [-0.1, -0.05) is 12.1 Å². The van der Waals surface area contributed by atoms with Crippen LogP contribution in [0.1, 0.15) is 0 Å². The fourth-order valence-electron chi connectivity index (χ4n) is 2.41. The molecule has 0 fully saturated rings. The third-order valence-electron chi connectivity index (χ3n) is 3.62. The molecule has 25 heavy (non-hydrogen) atoms. The summed E-state index contributed by atoms with van der Waals surface area (Å²) in [4.78, 5) is 0.00581. The Bertz CT molecular complexity index is 1060. The smallest absolute Gasteiger partial charge is 0.238 e. The third-order valence-corrected chi connectivity index (χ3v) is 4.54. The van der Waals surface area contributed by atoms with E-state index in [0.29, 0.717) is 27.9 Å². The van der Waals surface area contributed by atoms with Gasteiger partial charge < -0.3 is 9.84 Å². The Morgan fingerprint density at radius 2 is 1.72 bits per heavy atom. The summed E-state index contributed by atoms with van der Waals surface area (Å²) in [6.07, 6.45) is 0. The van der Waals surface area contributed by atoms with Crippen LogP contribution in [-0.4, -0.2) is 20.6 Å². The van der Waals surface area contributed by atoms with E-state index in [-0.39, 0.29) is 10.6 Å². The second-order valence-corrected chi connectivity index (χ2v) is 6.79. The van der Waals surface area contributed by atoms with Crippen molar-refractivity contribution < 1.29 is 18.3 Å². The van der Waals surface area contributed by atoms with Crippen LogP contribution in [0.15, 0.2) is 69.7 Å². The van der Waals surface area contributed by atoms with Crippen LogP contribution in [0.4, 0.5) is 11.4 Å². The second-order valence-electron chi connectivity index (χ2n) is 5.23. The minimum Gasteiger partial charge on any atom is -0.507 e. The molecule has 0 aliphatic rings. The Kier molecular flexibility index (Phi) is 4.39. The molecule has 3 aromatic carbocycles. The lowest BCUT2D eigenvalue weighted by atomic mass is 10.1. The Balaban J connectivity index is 2.01. The Labute approximate surface area is 144 Å². The molecule has 7 nitrogen and oxygen atoms in total. The predicted molar refractivity (Wildman–Crippen MR) is 94.2 cm³/mol. The lowest BCUT2D eigenvalue weighted by Crippen LogP contribution is -2.11. The van der Waals surface area contributed by atoms with Gasteiger partial charge in [-0.2, -0.15) is 5.11 Å². The number of primary sulfonamides is 1. The molecule has 3 aromatic rings. The van der Waals surface area contributed by atoms with E-state index in [0.717, 1.165) is 0 Å². The van der Waals surface area contributed by atoms with Gasteiger partial charge in [0.15, 0.2) is 0 Å². The van der Waals surface area contributed by atoms with Crippen LogP contribution in [0.25, 0.3) is 10.8 Å². The molecular formula is C17H15N3O4S. The molecule has 8 heteroatoms. The first-order valence-corrected chi connectivity index (χ1v) is 8.78. The average molecular weight is 357 g/mol. The van der Waals surface area contributed by atoms with Gasteiger partial charge in [-0.25, -0.2) is 13.6 Å². The number of hydrogen-bond acceptors (Lipinski definition) is 6. The quantitative estimate of drug-likeness (QED) is 0.694. The van der Waals surface area contributed by atoms with Gasteiger partial charge in [0.1, 0.15) is 11.5 Å². The van der Waals surface area contributed by atoms with Crippen molar-refractivity contribution in [3.63, 3.8) is 0 Å². The zero-order chi connectivity index (χ0) is 18.0. The summed E-state index contributed by atoms with van der Waals surface area (Å²) in [7, 11) is -2.22. The number of azo groups is 1. The zero-order valence-electron chi connectivity index (χ0n) is 13.2. The number of nitrogens with two attached hydrogens (primary N) is 1. The molecule has 128 valence electrons. The number of phenolic OH excluding ortho intramolecular Hbond substituents is 1. The molecule has 0 heterocycles. The third kappa shape index (κ3) is 3.44. The topological polar surface area (TPSA) is 114 Å². The highest BCUT2D eigenvalue weighted by molar-refractivity contribution is 7.89. The van der Waals surface area contributed by atoms with E-state index in [4.69, 9.17) is 9.88 Å². The van der Waals surface area contributed by atoms with Crippen molar-refractivity contribution in [2.75, 3.05) is 7.11 Å². The fraction of sp³-hybridized carbons (Fsp3) is 0.0588. The van der Waals surface area contributed by atoms with E-state index in [1.807, 2.05) is 0 Å². The van der Waals surface area contributed by atoms with Crippen LogP contribution in [0.3, 0.4) is 0 Å². The van der Waals surface area contributed by atoms with E-state index >= 15 is 0 Å². The van der Waals surface area contributed by atoms with Crippen LogP contribution in [-0.2, 0) is 10.0 Å². The molecule has 0 bridgehead atoms. The number of sulfonamides is 1. The first-order chi connectivity index (χ1) is 11.9. The van der Waals surface area contributed by atoms with Gasteiger partial charge in [0, 0.05) is 5.39 Å². The van der Waals surface area contributed by atoms with Crippen LogP contribution >= 0.6 is 0 Å². The Hall–Kier alpha value is -2.97. The summed E-state index contributed by atoms with van der Waals surface area (Å²) in [6.45, 7) is 0. The maximum Gasteiger partial charge on any atom is 0.238 e. The van der Waals surface area contributed by atoms with Crippen LogP contribution in [0.2, 0.25) is 0 Å². The fourth-order valence-corrected chi connectivity index (χ4v) is 2.93. The van der Waals surface area contributed by atoms with Crippen LogP contribution < -0.4 is 9.88 Å². The van der Waals surface area contributed by atoms with Gasteiger partial charge in [-0.05, 0) is 42.5 Å². The van der Waals surface area contributed by atoms with E-state index in [2.05, 4.69) is 10.2 Å². The summed E-state index contributed by atoms with van der Waals surface area (Å²) in [5.41, 5.74) is 1.01. The minimum atomic E-state index is -3.74. The number of fused-ring (bicyclic) bond motifs is 1. The maximum absolute atomic E-state index is 11.3. The molecule has 0 spiro atoms. The molecule has 0 saturated heterocycles. The molecule has 3 N–H and O–H groups in total. The lowest BCUT2D eigenvalue weighted by molar-refractivity contribution is 0.416. The summed E-state index contributed by atoms with van der Waals surface area (Å²) in [6, 6.07) is 14.2. The lowest BCUT2D eigenvalue weighted by Gasteiger charge is -2.08. The minimum absolute atomic E-state index is 0.00581. The summed E-state index contributed by atoms with van der Waals surface area (Å²) < 4.78 is 27.8. The number of rotatable bonds is 4. The van der Waals surface area contributed by atoms with E-state index in [1.165, 1.54) is 37.4 Å². The van der Waals surface area contributed by atoms with Crippen LogP contribution in [0, 0.1) is 0 Å². The van der Waals surface area contributed by atoms with Crippen molar-refractivity contribution >= 4 is 32.2 Å². The predicted octanol–water partition coefficient (Wildman–Crippen LogP) is 3.62. The maximum atomic E-state index is 11.3. The van der Waals surface area contributed by atoms with Crippen molar-refractivity contribution in [2.45, 2.75) is 4.90 Å². The molecular weight excluding hydrogens is 342 g/mol. The first-order valence-electron chi connectivity index (χ1n) is 7.23. The van der Waals surface area contributed by atoms with E-state index in [1.54, 1.807) is 24.3 Å². The van der Waals surface area contributed by atoms with Crippen LogP contribution in [0.5, 0.6) is 11.5 Å². The molecule has 0 unspecified atom stereocenters. The van der Waals surface area contributed by atoms with Gasteiger partial charge in [0.25, 0.3) is 0 Å². The largest absolute Gasteiger partial charge is 0.507 e. The molecule has 0 amide bonds. The standard InChI is InChI=1S/C17H15N3O4S/c1-24-16-4-2-3-13-14(9-10-15(21)17(13)16)20-19-11-5-7-12(8-6-11)25(18,22)23/h2-10,21H,1H3,(H2,18,22,23). The number of phenols is 1. The van der Waals surface area contributed by atoms with Crippen molar-refractivity contribution in [1.82, 2.24) is 0 Å². The van der Waals surface area contributed by atoms with Crippen molar-refractivity contribution in [2.24, 2.45) is 15.4 Å². The highest BCUT2D eigenvalue weighted by Gasteiger charge is 2.10. The highest BCUT2D eigenvalue weighted by Crippen LogP contribution is 2.38. The van der Waals surface area contributed by atoms with Gasteiger partial charge in [0.2, 0.25) is 10.0 Å². The van der Waals surface area contributed by atoms with Gasteiger partial charge in [-0.15, -0.1) is 5.11 Å². The normalized spacial score (nSPS) is 11.9. The van der Waals surface area contributed by atoms with Gasteiger partial charge in [-0.3, -0.25) is 0 Å². The SMILES string of the molecule is COc1cccc2c(N=Nc3ccc(S(N)(=O)=O)cc3)ccc(O)c12. The molecule has 3 rings (SSSR count). The molecule has 0 saturated carbocycles. The molecule has 0 aromatic heterocycles. The van der Waals surface area contributed by atoms with E-state index in [9.17, 15) is 13.5 Å². The number of nitrogens with zero attached hydrogens (tertiary/aromatic N) is 2. The second kappa shape index (κ2) is 6.50. The molecule has 0 radical (unpaired) electrons. The van der Waals surface area contributed by atoms with Crippen molar-refractivity contribution in [3.8, 4) is 11.5 Å². The number of aromatic hydroxyl groups is 1. The Morgan fingerprint density at radius 3 is 2.36 bits per heavy atom. The highest BCUT2D eigenvalue weighted by atomic mass is 32.2. The summed E-state index contributed by atoms with van der Waals surface area (Å²) in [5, 5.41) is 24.7. The molecule has 0 aliphatic heterocycles. The number of benzene rings is 3. The number of methoxy groups -OCH3 is 1. The monoisotopic (exact) mass is 357 g/mol. The van der Waals surface area contributed by atoms with Gasteiger partial charge in [0.05, 0.1) is 28.8 Å². The number of ether oxygens (including phenoxy) is 1. The zero-order valence-corrected chi connectivity index (χ0v) is 14.1. The first kappa shape index (κ1) is 16.9. The Morgan fingerprint density at radius 1 is 1.00 bits per heavy atom. The number of hydrogen-bond donors (Lipinski definition) is 2. The molecule has 0 atom stereocenters. The summed E-state index contributed by atoms with van der Waals surface area (Å²) >= 11 is 0.